The quantitative estimate of drug-likeness (QED) is 0.375. The topological polar surface area (TPSA) is 110 Å². The molecule has 0 aliphatic heterocycles. The molecule has 2 aromatic carbocycles. The van der Waals surface area contributed by atoms with Crippen LogP contribution in [0.2, 0.25) is 5.02 Å². The zero-order chi connectivity index (χ0) is 22.4. The van der Waals surface area contributed by atoms with E-state index in [2.05, 4.69) is 15.6 Å². The smallest absolute Gasteiger partial charge is 0.407 e. The number of nitrogen functional groups attached to an aromatic ring is 1. The number of hydrogen-bond donors (Lipinski definition) is 4. The summed E-state index contributed by atoms with van der Waals surface area (Å²) in [5.74, 6) is 0.223. The molecular formula is C22H22ClFN4O3. The van der Waals surface area contributed by atoms with Gasteiger partial charge in [-0.2, -0.15) is 0 Å². The fraction of sp³-hybridized carbons (Fsp3) is 0.182. The molecule has 0 unspecified atom stereocenters. The molecular weight excluding hydrogens is 423 g/mol. The summed E-state index contributed by atoms with van der Waals surface area (Å²) >= 11 is 5.93. The number of nitrogens with zero attached hydrogens (tertiary/aromatic N) is 1. The third kappa shape index (κ3) is 5.55. The lowest BCUT2D eigenvalue weighted by molar-refractivity contribution is 0.151. The number of alkyl halides is 1. The zero-order valence-corrected chi connectivity index (χ0v) is 17.5. The normalized spacial score (nSPS) is 10.5. The minimum absolute atomic E-state index is 0.0108. The van der Waals surface area contributed by atoms with E-state index >= 15 is 0 Å². The first-order valence-corrected chi connectivity index (χ1v) is 9.90. The number of phenolic OH excluding ortho intramolecular Hbond substituents is 1. The molecule has 0 aliphatic rings. The Kier molecular flexibility index (Phi) is 7.15. The highest BCUT2D eigenvalue weighted by molar-refractivity contribution is 6.30. The number of hydrogen-bond acceptors (Lipinski definition) is 6. The number of pyridine rings is 1. The highest BCUT2D eigenvalue weighted by Crippen LogP contribution is 2.33. The molecule has 0 saturated carbocycles. The van der Waals surface area contributed by atoms with Crippen LogP contribution in [0, 0.1) is 0 Å². The fourth-order valence-electron chi connectivity index (χ4n) is 2.92. The third-order valence-corrected chi connectivity index (χ3v) is 4.71. The van der Waals surface area contributed by atoms with Gasteiger partial charge in [0.15, 0.2) is 0 Å². The summed E-state index contributed by atoms with van der Waals surface area (Å²) < 4.78 is 18.1. The van der Waals surface area contributed by atoms with E-state index in [1.807, 2.05) is 0 Å². The standard InChI is InChI=1S/C22H22ClFN4O3/c1-2-31-22(30)26-12-13-3-6-19(28-21(13)25)17-10-16(5-8-20(17)29)27-18-7-4-15(23)9-14(18)11-24/h3-10,27,29H,2,11-12H2,1H3,(H2,25,28)(H,26,30). The van der Waals surface area contributed by atoms with Crippen LogP contribution in [0.5, 0.6) is 5.75 Å². The Labute approximate surface area is 184 Å². The van der Waals surface area contributed by atoms with Gasteiger partial charge in [0.25, 0.3) is 0 Å². The summed E-state index contributed by atoms with van der Waals surface area (Å²) in [5.41, 5.74) is 9.13. The molecule has 1 aromatic heterocycles. The van der Waals surface area contributed by atoms with Gasteiger partial charge in [-0.25, -0.2) is 14.2 Å². The highest BCUT2D eigenvalue weighted by atomic mass is 35.5. The summed E-state index contributed by atoms with van der Waals surface area (Å²) in [7, 11) is 0. The van der Waals surface area contributed by atoms with Crippen LogP contribution in [-0.2, 0) is 18.0 Å². The van der Waals surface area contributed by atoms with Crippen molar-refractivity contribution in [1.82, 2.24) is 10.3 Å². The van der Waals surface area contributed by atoms with Crippen molar-refractivity contribution >= 4 is 34.9 Å². The number of rotatable bonds is 7. The van der Waals surface area contributed by atoms with E-state index in [0.29, 0.717) is 38.8 Å². The van der Waals surface area contributed by atoms with Crippen molar-refractivity contribution in [2.75, 3.05) is 17.7 Å². The SMILES string of the molecule is CCOC(=O)NCc1ccc(-c2cc(Nc3ccc(Cl)cc3CF)ccc2O)nc1N. The molecule has 0 radical (unpaired) electrons. The summed E-state index contributed by atoms with van der Waals surface area (Å²) in [6, 6.07) is 13.2. The Bertz CT molecular complexity index is 1090. The van der Waals surface area contributed by atoms with Crippen LogP contribution in [0.15, 0.2) is 48.5 Å². The number of aromatic nitrogens is 1. The molecule has 9 heteroatoms. The molecule has 0 saturated heterocycles. The van der Waals surface area contributed by atoms with Crippen molar-refractivity contribution in [3.8, 4) is 17.0 Å². The lowest BCUT2D eigenvalue weighted by Gasteiger charge is -2.13. The van der Waals surface area contributed by atoms with Gasteiger partial charge in [0.2, 0.25) is 0 Å². The molecule has 3 rings (SSSR count). The van der Waals surface area contributed by atoms with E-state index in [9.17, 15) is 14.3 Å². The largest absolute Gasteiger partial charge is 0.507 e. The number of halogens is 2. The summed E-state index contributed by atoms with van der Waals surface area (Å²) in [4.78, 5) is 15.8. The average Bonchev–Trinajstić information content (AvgIpc) is 2.75. The number of anilines is 3. The monoisotopic (exact) mass is 444 g/mol. The number of amides is 1. The maximum atomic E-state index is 13.3. The van der Waals surface area contributed by atoms with E-state index in [1.54, 1.807) is 49.4 Å². The number of carbonyl (C=O) groups excluding carboxylic acids is 1. The van der Waals surface area contributed by atoms with Gasteiger partial charge in [-0.1, -0.05) is 17.7 Å². The minimum Gasteiger partial charge on any atom is -0.507 e. The second-order valence-electron chi connectivity index (χ2n) is 6.61. The first kappa shape index (κ1) is 22.2. The van der Waals surface area contributed by atoms with Crippen LogP contribution in [0.25, 0.3) is 11.3 Å². The summed E-state index contributed by atoms with van der Waals surface area (Å²) in [5, 5.41) is 16.5. The first-order valence-electron chi connectivity index (χ1n) is 9.52. The van der Waals surface area contributed by atoms with Crippen molar-refractivity contribution in [2.24, 2.45) is 0 Å². The number of carbonyl (C=O) groups is 1. The van der Waals surface area contributed by atoms with Gasteiger partial charge < -0.3 is 26.2 Å². The van der Waals surface area contributed by atoms with Crippen molar-refractivity contribution in [1.29, 1.82) is 0 Å². The van der Waals surface area contributed by atoms with E-state index in [1.165, 1.54) is 6.07 Å². The molecule has 162 valence electrons. The molecule has 0 fully saturated rings. The number of benzene rings is 2. The van der Waals surface area contributed by atoms with E-state index in [0.717, 1.165) is 0 Å². The number of aromatic hydroxyl groups is 1. The van der Waals surface area contributed by atoms with Gasteiger partial charge in [-0.15, -0.1) is 0 Å². The summed E-state index contributed by atoms with van der Waals surface area (Å²) in [6.45, 7) is 1.47. The lowest BCUT2D eigenvalue weighted by atomic mass is 10.1. The molecule has 0 bridgehead atoms. The van der Waals surface area contributed by atoms with Crippen LogP contribution in [-0.4, -0.2) is 22.8 Å². The molecule has 1 heterocycles. The Morgan fingerprint density at radius 3 is 2.71 bits per heavy atom. The second kappa shape index (κ2) is 9.99. The van der Waals surface area contributed by atoms with Gasteiger partial charge in [0.1, 0.15) is 18.2 Å². The third-order valence-electron chi connectivity index (χ3n) is 4.47. The average molecular weight is 445 g/mol. The van der Waals surface area contributed by atoms with Crippen molar-refractivity contribution in [3.05, 3.63) is 64.7 Å². The first-order chi connectivity index (χ1) is 14.9. The number of alkyl carbamates (subject to hydrolysis) is 1. The summed E-state index contributed by atoms with van der Waals surface area (Å²) in [6.07, 6.45) is -0.544. The maximum Gasteiger partial charge on any atom is 0.407 e. The van der Waals surface area contributed by atoms with Crippen molar-refractivity contribution in [2.45, 2.75) is 20.1 Å². The predicted molar refractivity (Wildman–Crippen MR) is 119 cm³/mol. The Hall–Kier alpha value is -3.52. The number of ether oxygens (including phenoxy) is 1. The Morgan fingerprint density at radius 1 is 1.19 bits per heavy atom. The molecule has 31 heavy (non-hydrogen) atoms. The van der Waals surface area contributed by atoms with Crippen molar-refractivity contribution < 1.29 is 19.0 Å². The number of nitrogens with two attached hydrogens (primary N) is 1. The van der Waals surface area contributed by atoms with Crippen LogP contribution in [0.1, 0.15) is 18.1 Å². The second-order valence-corrected chi connectivity index (χ2v) is 7.04. The van der Waals surface area contributed by atoms with Crippen LogP contribution < -0.4 is 16.4 Å². The van der Waals surface area contributed by atoms with Crippen LogP contribution >= 0.6 is 11.6 Å². The van der Waals surface area contributed by atoms with E-state index < -0.39 is 12.8 Å². The molecule has 7 nitrogen and oxygen atoms in total. The van der Waals surface area contributed by atoms with Gasteiger partial charge in [0.05, 0.1) is 12.3 Å². The highest BCUT2D eigenvalue weighted by Gasteiger charge is 2.12. The van der Waals surface area contributed by atoms with Gasteiger partial charge >= 0.3 is 6.09 Å². The minimum atomic E-state index is -0.673. The fourth-order valence-corrected chi connectivity index (χ4v) is 3.12. The van der Waals surface area contributed by atoms with Crippen molar-refractivity contribution in [3.63, 3.8) is 0 Å². The lowest BCUT2D eigenvalue weighted by Crippen LogP contribution is -2.24. The number of phenols is 1. The molecule has 0 atom stereocenters. The van der Waals surface area contributed by atoms with Gasteiger partial charge in [-0.3, -0.25) is 0 Å². The molecule has 0 spiro atoms. The van der Waals surface area contributed by atoms with Gasteiger partial charge in [0, 0.05) is 39.6 Å². The molecule has 5 N–H and O–H groups in total. The maximum absolute atomic E-state index is 13.3. The Balaban J connectivity index is 1.83. The molecule has 0 aliphatic carbocycles. The van der Waals surface area contributed by atoms with Crippen LogP contribution in [0.4, 0.5) is 26.4 Å². The Morgan fingerprint density at radius 2 is 2.00 bits per heavy atom. The van der Waals surface area contributed by atoms with Crippen LogP contribution in [0.3, 0.4) is 0 Å². The van der Waals surface area contributed by atoms with Gasteiger partial charge in [-0.05, 0) is 49.4 Å². The molecule has 3 aromatic rings. The number of nitrogens with one attached hydrogen (secondary N) is 2. The zero-order valence-electron chi connectivity index (χ0n) is 16.8. The van der Waals surface area contributed by atoms with E-state index in [4.69, 9.17) is 22.1 Å². The van der Waals surface area contributed by atoms with E-state index in [-0.39, 0.29) is 24.7 Å². The predicted octanol–water partition coefficient (Wildman–Crippen LogP) is 5.15. The molecule has 1 amide bonds.